The highest BCUT2D eigenvalue weighted by Crippen LogP contribution is 2.30. The Bertz CT molecular complexity index is 887. The maximum Gasteiger partial charge on any atom is 0.262 e. The Kier molecular flexibility index (Phi) is 3.65. The first-order chi connectivity index (χ1) is 10.6. The number of benzene rings is 1. The van der Waals surface area contributed by atoms with Gasteiger partial charge in [0.25, 0.3) is 5.91 Å². The first kappa shape index (κ1) is 14.3. The Morgan fingerprint density at radius 2 is 2.18 bits per heavy atom. The van der Waals surface area contributed by atoms with Gasteiger partial charge >= 0.3 is 0 Å². The molecule has 0 atom stereocenters. The molecule has 2 heterocycles. The van der Waals surface area contributed by atoms with Gasteiger partial charge in [0.1, 0.15) is 10.6 Å². The molecule has 4 nitrogen and oxygen atoms in total. The predicted molar refractivity (Wildman–Crippen MR) is 84.8 cm³/mol. The lowest BCUT2D eigenvalue weighted by molar-refractivity contribution is 0.0963. The summed E-state index contributed by atoms with van der Waals surface area (Å²) in [5.74, 6) is 1.86. The lowest BCUT2D eigenvalue weighted by atomic mass is 10.3. The highest BCUT2D eigenvalue weighted by Gasteiger charge is 2.16. The third-order valence-corrected chi connectivity index (χ3v) is 4.30. The second kappa shape index (κ2) is 5.62. The average Bonchev–Trinajstić information content (AvgIpc) is 3.07. The van der Waals surface area contributed by atoms with Crippen molar-refractivity contribution in [1.82, 2.24) is 15.1 Å². The fourth-order valence-corrected chi connectivity index (χ4v) is 3.23. The van der Waals surface area contributed by atoms with Crippen LogP contribution in [-0.2, 0) is 0 Å². The molecule has 6 heteroatoms. The van der Waals surface area contributed by atoms with Crippen molar-refractivity contribution in [2.45, 2.75) is 6.92 Å². The zero-order chi connectivity index (χ0) is 15.7. The van der Waals surface area contributed by atoms with Crippen LogP contribution in [0.2, 0.25) is 0 Å². The molecule has 3 aromatic rings. The number of terminal acetylenes is 1. The van der Waals surface area contributed by atoms with Crippen molar-refractivity contribution in [2.24, 2.45) is 0 Å². The highest BCUT2D eigenvalue weighted by atomic mass is 32.1. The summed E-state index contributed by atoms with van der Waals surface area (Å²) < 4.78 is 14.8. The number of amides is 1. The van der Waals surface area contributed by atoms with E-state index in [-0.39, 0.29) is 18.3 Å². The maximum absolute atomic E-state index is 13.1. The van der Waals surface area contributed by atoms with Crippen LogP contribution in [0.1, 0.15) is 15.4 Å². The molecule has 0 saturated heterocycles. The molecular formula is C16H12FN3OS. The third kappa shape index (κ3) is 2.47. The summed E-state index contributed by atoms with van der Waals surface area (Å²) in [6, 6.07) is 7.87. The first-order valence-electron chi connectivity index (χ1n) is 6.57. The molecule has 110 valence electrons. The summed E-state index contributed by atoms with van der Waals surface area (Å²) in [5, 5.41) is 8.00. The summed E-state index contributed by atoms with van der Waals surface area (Å²) >= 11 is 1.33. The van der Waals surface area contributed by atoms with Gasteiger partial charge in [-0.05, 0) is 37.3 Å². The predicted octanol–water partition coefficient (Wildman–Crippen LogP) is 2.90. The van der Waals surface area contributed by atoms with Gasteiger partial charge in [0.05, 0.1) is 22.8 Å². The molecule has 0 aliphatic heterocycles. The Balaban J connectivity index is 2.05. The Morgan fingerprint density at radius 1 is 1.45 bits per heavy atom. The second-order valence-corrected chi connectivity index (χ2v) is 5.72. The van der Waals surface area contributed by atoms with Gasteiger partial charge in [0.2, 0.25) is 0 Å². The molecule has 0 bridgehead atoms. The number of nitrogens with zero attached hydrogens (tertiary/aromatic N) is 2. The van der Waals surface area contributed by atoms with Crippen LogP contribution in [0.5, 0.6) is 0 Å². The highest BCUT2D eigenvalue weighted by molar-refractivity contribution is 7.20. The van der Waals surface area contributed by atoms with Gasteiger partial charge < -0.3 is 5.32 Å². The number of thiophene rings is 1. The van der Waals surface area contributed by atoms with E-state index < -0.39 is 0 Å². The van der Waals surface area contributed by atoms with Crippen molar-refractivity contribution in [3.05, 3.63) is 46.7 Å². The number of halogens is 1. The zero-order valence-corrected chi connectivity index (χ0v) is 12.6. The van der Waals surface area contributed by atoms with Crippen molar-refractivity contribution >= 4 is 27.5 Å². The smallest absolute Gasteiger partial charge is 0.262 e. The van der Waals surface area contributed by atoms with Crippen LogP contribution in [0.25, 0.3) is 15.9 Å². The van der Waals surface area contributed by atoms with Crippen LogP contribution >= 0.6 is 11.3 Å². The molecule has 22 heavy (non-hydrogen) atoms. The van der Waals surface area contributed by atoms with Gasteiger partial charge in [-0.3, -0.25) is 4.79 Å². The Hall–Kier alpha value is -2.65. The van der Waals surface area contributed by atoms with Crippen molar-refractivity contribution in [2.75, 3.05) is 6.54 Å². The van der Waals surface area contributed by atoms with Crippen LogP contribution in [0.3, 0.4) is 0 Å². The minimum absolute atomic E-state index is 0.191. The molecule has 0 radical (unpaired) electrons. The number of hydrogen-bond donors (Lipinski definition) is 1. The number of rotatable bonds is 3. The van der Waals surface area contributed by atoms with E-state index in [1.54, 1.807) is 22.9 Å². The van der Waals surface area contributed by atoms with E-state index >= 15 is 0 Å². The number of carbonyl (C=O) groups excluding carboxylic acids is 1. The number of nitrogens with one attached hydrogen (secondary N) is 1. The van der Waals surface area contributed by atoms with E-state index in [1.165, 1.54) is 23.5 Å². The molecule has 1 N–H and O–H groups in total. The fraction of sp³-hybridized carbons (Fsp3) is 0.125. The van der Waals surface area contributed by atoms with Crippen molar-refractivity contribution < 1.29 is 9.18 Å². The molecule has 0 fully saturated rings. The molecule has 0 aliphatic rings. The molecule has 1 aromatic carbocycles. The lowest BCUT2D eigenvalue weighted by Crippen LogP contribution is -2.22. The Labute approximate surface area is 130 Å². The van der Waals surface area contributed by atoms with Gasteiger partial charge in [0.15, 0.2) is 0 Å². The molecule has 2 aromatic heterocycles. The fourth-order valence-electron chi connectivity index (χ4n) is 2.13. The monoisotopic (exact) mass is 313 g/mol. The quantitative estimate of drug-likeness (QED) is 0.756. The third-order valence-electron chi connectivity index (χ3n) is 3.19. The largest absolute Gasteiger partial charge is 0.340 e. The second-order valence-electron chi connectivity index (χ2n) is 4.69. The molecule has 0 aliphatic carbocycles. The number of fused-ring (bicyclic) bond motifs is 1. The summed E-state index contributed by atoms with van der Waals surface area (Å²) in [5.41, 5.74) is 1.56. The number of aryl methyl sites for hydroxylation is 1. The summed E-state index contributed by atoms with van der Waals surface area (Å²) in [6.45, 7) is 2.06. The molecule has 0 spiro atoms. The summed E-state index contributed by atoms with van der Waals surface area (Å²) in [6.07, 6.45) is 5.14. The van der Waals surface area contributed by atoms with Crippen LogP contribution in [0.4, 0.5) is 4.39 Å². The Morgan fingerprint density at radius 3 is 2.86 bits per heavy atom. The van der Waals surface area contributed by atoms with Crippen LogP contribution < -0.4 is 5.32 Å². The van der Waals surface area contributed by atoms with Gasteiger partial charge in [-0.2, -0.15) is 5.10 Å². The minimum Gasteiger partial charge on any atom is -0.340 e. The first-order valence-corrected chi connectivity index (χ1v) is 7.38. The SMILES string of the molecule is C#CCNC(=O)c1cc2c(C)nn(-c3ccc(F)cc3)c2s1. The number of carbonyl (C=O) groups is 1. The van der Waals surface area contributed by atoms with E-state index in [1.807, 2.05) is 6.92 Å². The van der Waals surface area contributed by atoms with Crippen LogP contribution in [0.15, 0.2) is 30.3 Å². The van der Waals surface area contributed by atoms with Gasteiger partial charge in [-0.15, -0.1) is 17.8 Å². The minimum atomic E-state index is -0.301. The maximum atomic E-state index is 13.1. The van der Waals surface area contributed by atoms with Gasteiger partial charge in [0, 0.05) is 5.39 Å². The molecule has 3 rings (SSSR count). The molecular weight excluding hydrogens is 301 g/mol. The molecule has 1 amide bonds. The molecule has 0 unspecified atom stereocenters. The van der Waals surface area contributed by atoms with E-state index in [2.05, 4.69) is 16.3 Å². The van der Waals surface area contributed by atoms with Gasteiger partial charge in [-0.1, -0.05) is 5.92 Å². The van der Waals surface area contributed by atoms with Crippen molar-refractivity contribution in [3.63, 3.8) is 0 Å². The topological polar surface area (TPSA) is 46.9 Å². The normalized spacial score (nSPS) is 10.6. The van der Waals surface area contributed by atoms with E-state index in [0.29, 0.717) is 4.88 Å². The lowest BCUT2D eigenvalue weighted by Gasteiger charge is -2.02. The van der Waals surface area contributed by atoms with Crippen molar-refractivity contribution in [1.29, 1.82) is 0 Å². The van der Waals surface area contributed by atoms with Gasteiger partial charge in [-0.25, -0.2) is 9.07 Å². The summed E-state index contributed by atoms with van der Waals surface area (Å²) in [7, 11) is 0. The summed E-state index contributed by atoms with van der Waals surface area (Å²) in [4.78, 5) is 13.4. The van der Waals surface area contributed by atoms with E-state index in [9.17, 15) is 9.18 Å². The van der Waals surface area contributed by atoms with E-state index in [0.717, 1.165) is 21.6 Å². The van der Waals surface area contributed by atoms with Crippen LogP contribution in [-0.4, -0.2) is 22.2 Å². The van der Waals surface area contributed by atoms with Crippen LogP contribution in [0, 0.1) is 25.1 Å². The van der Waals surface area contributed by atoms with E-state index in [4.69, 9.17) is 6.42 Å². The molecule has 0 saturated carbocycles. The standard InChI is InChI=1S/C16H12FN3OS/c1-3-8-18-15(21)14-9-13-10(2)19-20(16(13)22-14)12-6-4-11(17)5-7-12/h1,4-7,9H,8H2,2H3,(H,18,21). The average molecular weight is 313 g/mol. The zero-order valence-electron chi connectivity index (χ0n) is 11.8. The van der Waals surface area contributed by atoms with Crippen molar-refractivity contribution in [3.8, 4) is 18.0 Å². The number of aromatic nitrogens is 2. The number of hydrogen-bond acceptors (Lipinski definition) is 3.